The van der Waals surface area contributed by atoms with Gasteiger partial charge in [-0.15, -0.1) is 0 Å². The highest BCUT2D eigenvalue weighted by Gasteiger charge is 2.27. The molecule has 0 atom stereocenters. The van der Waals surface area contributed by atoms with Gasteiger partial charge in [-0.2, -0.15) is 13.2 Å². The highest BCUT2D eigenvalue weighted by molar-refractivity contribution is 7.90. The molecule has 18 heavy (non-hydrogen) atoms. The molecule has 0 unspecified atom stereocenters. The molecule has 2 N–H and O–H groups in total. The molecule has 1 heterocycles. The normalized spacial score (nSPS) is 19.1. The smallest absolute Gasteiger partial charge is 0.317 e. The zero-order chi connectivity index (χ0) is 13.6. The first kappa shape index (κ1) is 15.7. The molecule has 1 aliphatic rings. The van der Waals surface area contributed by atoms with Crippen LogP contribution in [-0.2, 0) is 10.0 Å². The van der Waals surface area contributed by atoms with Crippen LogP contribution in [0.5, 0.6) is 0 Å². The molecule has 1 rings (SSSR count). The van der Waals surface area contributed by atoms with Crippen molar-refractivity contribution in [1.29, 1.82) is 0 Å². The van der Waals surface area contributed by atoms with Crippen molar-refractivity contribution in [1.82, 2.24) is 10.0 Å². The van der Waals surface area contributed by atoms with Gasteiger partial charge in [-0.1, -0.05) is 0 Å². The zero-order valence-corrected chi connectivity index (χ0v) is 10.9. The number of sulfonamides is 1. The number of piperidine rings is 1. The van der Waals surface area contributed by atoms with Gasteiger partial charge in [0.2, 0.25) is 10.0 Å². The van der Waals surface area contributed by atoms with E-state index in [-0.39, 0.29) is 19.4 Å². The second-order valence-electron chi connectivity index (χ2n) is 4.46. The van der Waals surface area contributed by atoms with Crippen molar-refractivity contribution in [2.75, 3.05) is 19.6 Å². The van der Waals surface area contributed by atoms with Crippen LogP contribution < -0.4 is 10.0 Å². The van der Waals surface area contributed by atoms with E-state index >= 15 is 0 Å². The Morgan fingerprint density at radius 1 is 1.17 bits per heavy atom. The molecule has 1 aliphatic heterocycles. The number of nitrogens with one attached hydrogen (secondary N) is 2. The fourth-order valence-corrected chi connectivity index (χ4v) is 3.41. The largest absolute Gasteiger partial charge is 0.389 e. The number of hydrogen-bond donors (Lipinski definition) is 2. The monoisotopic (exact) mass is 288 g/mol. The van der Waals surface area contributed by atoms with Crippen molar-refractivity contribution in [3.8, 4) is 0 Å². The summed E-state index contributed by atoms with van der Waals surface area (Å²) in [4.78, 5) is 0. The van der Waals surface area contributed by atoms with Gasteiger partial charge in [-0.25, -0.2) is 13.1 Å². The lowest BCUT2D eigenvalue weighted by Gasteiger charge is -2.22. The Bertz CT molecular complexity index is 338. The summed E-state index contributed by atoms with van der Waals surface area (Å²) >= 11 is 0. The number of alkyl halides is 3. The number of unbranched alkanes of at least 4 members (excludes halogenated alkanes) is 1. The number of halogens is 3. The van der Waals surface area contributed by atoms with Crippen LogP contribution in [0.1, 0.15) is 32.1 Å². The first-order valence-corrected chi connectivity index (χ1v) is 7.62. The summed E-state index contributed by atoms with van der Waals surface area (Å²) in [5.74, 6) is 0. The van der Waals surface area contributed by atoms with E-state index in [2.05, 4.69) is 10.0 Å². The standard InChI is InChI=1S/C10H19F3N2O2S/c11-10(12,13)5-1-2-6-15-18(16,17)9-3-7-14-8-4-9/h9,14-15H,1-8H2. The van der Waals surface area contributed by atoms with Crippen LogP contribution in [-0.4, -0.2) is 39.5 Å². The fourth-order valence-electron chi connectivity index (χ4n) is 1.89. The summed E-state index contributed by atoms with van der Waals surface area (Å²) in [7, 11) is -3.37. The van der Waals surface area contributed by atoms with Crippen LogP contribution in [0.4, 0.5) is 13.2 Å². The Morgan fingerprint density at radius 2 is 1.78 bits per heavy atom. The van der Waals surface area contributed by atoms with Crippen LogP contribution >= 0.6 is 0 Å². The number of hydrogen-bond acceptors (Lipinski definition) is 3. The molecule has 0 spiro atoms. The molecular formula is C10H19F3N2O2S. The molecule has 0 radical (unpaired) electrons. The molecular weight excluding hydrogens is 269 g/mol. The summed E-state index contributed by atoms with van der Waals surface area (Å²) in [5.41, 5.74) is 0. The fraction of sp³-hybridized carbons (Fsp3) is 1.00. The second-order valence-corrected chi connectivity index (χ2v) is 6.51. The molecule has 108 valence electrons. The molecule has 0 bridgehead atoms. The maximum atomic E-state index is 11.9. The Hall–Kier alpha value is -0.340. The first-order valence-electron chi connectivity index (χ1n) is 6.07. The topological polar surface area (TPSA) is 58.2 Å². The maximum Gasteiger partial charge on any atom is 0.389 e. The van der Waals surface area contributed by atoms with E-state index in [1.165, 1.54) is 0 Å². The van der Waals surface area contributed by atoms with E-state index in [4.69, 9.17) is 0 Å². The van der Waals surface area contributed by atoms with Crippen LogP contribution in [0.15, 0.2) is 0 Å². The van der Waals surface area contributed by atoms with Gasteiger partial charge in [0.05, 0.1) is 5.25 Å². The van der Waals surface area contributed by atoms with Crippen molar-refractivity contribution in [3.05, 3.63) is 0 Å². The first-order chi connectivity index (χ1) is 8.31. The van der Waals surface area contributed by atoms with E-state index in [1.54, 1.807) is 0 Å². The van der Waals surface area contributed by atoms with Crippen LogP contribution in [0.2, 0.25) is 0 Å². The third-order valence-corrected chi connectivity index (χ3v) is 4.87. The van der Waals surface area contributed by atoms with Crippen molar-refractivity contribution >= 4 is 10.0 Å². The minimum Gasteiger partial charge on any atom is -0.317 e. The van der Waals surface area contributed by atoms with Gasteiger partial charge in [0.1, 0.15) is 0 Å². The lowest BCUT2D eigenvalue weighted by Crippen LogP contribution is -2.41. The lowest BCUT2D eigenvalue weighted by atomic mass is 10.2. The van der Waals surface area contributed by atoms with E-state index in [0.717, 1.165) is 0 Å². The van der Waals surface area contributed by atoms with Crippen molar-refractivity contribution in [2.24, 2.45) is 0 Å². The van der Waals surface area contributed by atoms with E-state index in [9.17, 15) is 21.6 Å². The third kappa shape index (κ3) is 6.01. The minimum atomic E-state index is -4.16. The molecule has 1 saturated heterocycles. The quantitative estimate of drug-likeness (QED) is 0.726. The van der Waals surface area contributed by atoms with Crippen LogP contribution in [0.25, 0.3) is 0 Å². The molecule has 0 aromatic rings. The molecule has 8 heteroatoms. The minimum absolute atomic E-state index is 0.0434. The van der Waals surface area contributed by atoms with E-state index in [1.807, 2.05) is 0 Å². The number of rotatable bonds is 6. The third-order valence-electron chi connectivity index (χ3n) is 2.92. The maximum absolute atomic E-state index is 11.9. The van der Waals surface area contributed by atoms with Gasteiger partial charge < -0.3 is 5.32 Å². The molecule has 0 aromatic heterocycles. The summed E-state index contributed by atoms with van der Waals surface area (Å²) in [6.45, 7) is 1.42. The Kier molecular flexibility index (Phi) is 5.87. The van der Waals surface area contributed by atoms with Crippen molar-refractivity contribution < 1.29 is 21.6 Å². The second kappa shape index (κ2) is 6.72. The van der Waals surface area contributed by atoms with Gasteiger partial charge in [0.15, 0.2) is 0 Å². The van der Waals surface area contributed by atoms with Gasteiger partial charge in [-0.05, 0) is 38.8 Å². The highest BCUT2D eigenvalue weighted by atomic mass is 32.2. The predicted octanol–water partition coefficient (Wildman–Crippen LogP) is 1.39. The van der Waals surface area contributed by atoms with Gasteiger partial charge in [0, 0.05) is 13.0 Å². The molecule has 0 saturated carbocycles. The predicted molar refractivity (Wildman–Crippen MR) is 62.7 cm³/mol. The SMILES string of the molecule is O=S(=O)(NCCCCC(F)(F)F)C1CCNCC1. The molecule has 4 nitrogen and oxygen atoms in total. The Labute approximate surface area is 105 Å². The van der Waals surface area contributed by atoms with Crippen molar-refractivity contribution in [2.45, 2.75) is 43.5 Å². The molecule has 0 aromatic carbocycles. The van der Waals surface area contributed by atoms with E-state index in [0.29, 0.717) is 25.9 Å². The van der Waals surface area contributed by atoms with Gasteiger partial charge in [0.25, 0.3) is 0 Å². The summed E-state index contributed by atoms with van der Waals surface area (Å²) in [6.07, 6.45) is -3.74. The van der Waals surface area contributed by atoms with Crippen LogP contribution in [0.3, 0.4) is 0 Å². The van der Waals surface area contributed by atoms with Gasteiger partial charge >= 0.3 is 6.18 Å². The highest BCUT2D eigenvalue weighted by Crippen LogP contribution is 2.22. The summed E-state index contributed by atoms with van der Waals surface area (Å²) < 4.78 is 61.5. The Morgan fingerprint density at radius 3 is 2.33 bits per heavy atom. The average Bonchev–Trinajstić information content (AvgIpc) is 2.28. The van der Waals surface area contributed by atoms with Crippen molar-refractivity contribution in [3.63, 3.8) is 0 Å². The lowest BCUT2D eigenvalue weighted by molar-refractivity contribution is -0.135. The van der Waals surface area contributed by atoms with Gasteiger partial charge in [-0.3, -0.25) is 0 Å². The molecule has 1 fully saturated rings. The molecule has 0 amide bonds. The zero-order valence-electron chi connectivity index (χ0n) is 10.1. The van der Waals surface area contributed by atoms with Crippen LogP contribution in [0, 0.1) is 0 Å². The summed E-state index contributed by atoms with van der Waals surface area (Å²) in [5, 5.41) is 2.65. The average molecular weight is 288 g/mol. The molecule has 0 aliphatic carbocycles. The van der Waals surface area contributed by atoms with E-state index < -0.39 is 27.9 Å². The summed E-state index contributed by atoms with van der Waals surface area (Å²) in [6, 6.07) is 0. The Balaban J connectivity index is 2.21.